The zero-order chi connectivity index (χ0) is 26.9. The van der Waals surface area contributed by atoms with Gasteiger partial charge in [-0.05, 0) is 68.5 Å². The van der Waals surface area contributed by atoms with Crippen molar-refractivity contribution in [2.24, 2.45) is 4.99 Å². The molecule has 0 spiro atoms. The quantitative estimate of drug-likeness (QED) is 0.313. The van der Waals surface area contributed by atoms with Gasteiger partial charge in [-0.2, -0.15) is 0 Å². The van der Waals surface area contributed by atoms with Crippen LogP contribution in [0.2, 0.25) is 10.0 Å². The molecule has 2 aromatic carbocycles. The topological polar surface area (TPSA) is 57.2 Å². The molecule has 4 rings (SSSR count). The summed E-state index contributed by atoms with van der Waals surface area (Å²) in [6, 6.07) is 14.8. The van der Waals surface area contributed by atoms with Gasteiger partial charge in [0, 0.05) is 50.9 Å². The van der Waals surface area contributed by atoms with Crippen molar-refractivity contribution in [2.75, 3.05) is 38.5 Å². The van der Waals surface area contributed by atoms with Crippen LogP contribution in [0.1, 0.15) is 56.7 Å². The molecule has 9 heteroatoms. The first-order chi connectivity index (χ1) is 18.5. The summed E-state index contributed by atoms with van der Waals surface area (Å²) in [4.78, 5) is 21.9. The van der Waals surface area contributed by atoms with E-state index in [2.05, 4.69) is 46.1 Å². The van der Waals surface area contributed by atoms with Gasteiger partial charge in [0.15, 0.2) is 5.17 Å². The van der Waals surface area contributed by atoms with Crippen molar-refractivity contribution >= 4 is 46.0 Å². The van der Waals surface area contributed by atoms with E-state index in [4.69, 9.17) is 27.9 Å². The Morgan fingerprint density at radius 3 is 2.55 bits per heavy atom. The standard InChI is InChI=1S/C29H38Cl2N4O2S/c1-3-32-29-35(4-2)27(20-38-29)22-8-10-24(11-9-22)37-17-5-6-28(36)33-23-13-15-34(16-14-23)19-21-7-12-25(30)26(31)18-21/h7-12,18,23,27H,3-6,13-17,19-20H2,1-2H3,(H,33,36). The molecule has 1 atom stereocenters. The number of hydrogen-bond acceptors (Lipinski definition) is 5. The number of amidine groups is 1. The number of carbonyl (C=O) groups is 1. The highest BCUT2D eigenvalue weighted by Gasteiger charge is 2.30. The Morgan fingerprint density at radius 1 is 1.11 bits per heavy atom. The number of piperidine rings is 1. The molecular formula is C29H38Cl2N4O2S. The Bertz CT molecular complexity index is 1090. The molecule has 1 unspecified atom stereocenters. The van der Waals surface area contributed by atoms with Crippen LogP contribution in [0.5, 0.6) is 5.75 Å². The molecule has 2 heterocycles. The van der Waals surface area contributed by atoms with E-state index < -0.39 is 0 Å². The first-order valence-electron chi connectivity index (χ1n) is 13.6. The highest BCUT2D eigenvalue weighted by molar-refractivity contribution is 8.14. The van der Waals surface area contributed by atoms with Crippen molar-refractivity contribution in [3.8, 4) is 5.75 Å². The molecule has 0 radical (unpaired) electrons. The third-order valence-electron chi connectivity index (χ3n) is 7.05. The fourth-order valence-corrected chi connectivity index (χ4v) is 6.65. The van der Waals surface area contributed by atoms with Gasteiger partial charge in [0.2, 0.25) is 5.91 Å². The first kappa shape index (κ1) is 29.1. The molecule has 0 aromatic heterocycles. The average Bonchev–Trinajstić information content (AvgIpc) is 3.33. The predicted molar refractivity (Wildman–Crippen MR) is 160 cm³/mol. The summed E-state index contributed by atoms with van der Waals surface area (Å²) in [5.41, 5.74) is 2.45. The lowest BCUT2D eigenvalue weighted by Gasteiger charge is -2.32. The molecule has 2 aromatic rings. The van der Waals surface area contributed by atoms with Gasteiger partial charge in [-0.3, -0.25) is 14.7 Å². The molecule has 2 fully saturated rings. The zero-order valence-corrected chi connectivity index (χ0v) is 24.6. The third-order valence-corrected chi connectivity index (χ3v) is 8.89. The smallest absolute Gasteiger partial charge is 0.220 e. The number of nitrogens with zero attached hydrogens (tertiary/aromatic N) is 3. The second kappa shape index (κ2) is 14.5. The summed E-state index contributed by atoms with van der Waals surface area (Å²) in [6.07, 6.45) is 3.09. The van der Waals surface area contributed by atoms with E-state index in [9.17, 15) is 4.79 Å². The van der Waals surface area contributed by atoms with Gasteiger partial charge in [0.1, 0.15) is 5.75 Å². The number of amides is 1. The summed E-state index contributed by atoms with van der Waals surface area (Å²) in [5.74, 6) is 1.98. The molecule has 38 heavy (non-hydrogen) atoms. The van der Waals surface area contributed by atoms with Gasteiger partial charge >= 0.3 is 0 Å². The molecule has 2 aliphatic rings. The minimum absolute atomic E-state index is 0.106. The van der Waals surface area contributed by atoms with Crippen LogP contribution in [0.3, 0.4) is 0 Å². The number of aliphatic imine (C=N–C) groups is 1. The molecule has 0 bridgehead atoms. The maximum atomic E-state index is 12.5. The van der Waals surface area contributed by atoms with Gasteiger partial charge < -0.3 is 15.0 Å². The molecule has 6 nitrogen and oxygen atoms in total. The van der Waals surface area contributed by atoms with E-state index in [1.165, 1.54) is 5.56 Å². The molecule has 1 amide bonds. The number of likely N-dealkylation sites (tertiary alicyclic amines) is 1. The van der Waals surface area contributed by atoms with E-state index in [1.807, 2.05) is 42.1 Å². The normalized spacial score (nSPS) is 19.7. The number of thioether (sulfide) groups is 1. The number of ether oxygens (including phenoxy) is 1. The van der Waals surface area contributed by atoms with Gasteiger partial charge in [0.25, 0.3) is 0 Å². The Morgan fingerprint density at radius 2 is 1.87 bits per heavy atom. The molecular weight excluding hydrogens is 539 g/mol. The number of rotatable bonds is 11. The first-order valence-corrected chi connectivity index (χ1v) is 15.3. The van der Waals surface area contributed by atoms with Gasteiger partial charge in [0.05, 0.1) is 22.7 Å². The second-order valence-electron chi connectivity index (χ2n) is 9.76. The van der Waals surface area contributed by atoms with Gasteiger partial charge in [-0.25, -0.2) is 0 Å². The van der Waals surface area contributed by atoms with Crippen LogP contribution >= 0.6 is 35.0 Å². The summed E-state index contributed by atoms with van der Waals surface area (Å²) >= 11 is 14.0. The van der Waals surface area contributed by atoms with Crippen molar-refractivity contribution in [3.05, 3.63) is 63.6 Å². The molecule has 2 saturated heterocycles. The summed E-state index contributed by atoms with van der Waals surface area (Å²) in [6.45, 7) is 9.31. The van der Waals surface area contributed by atoms with Crippen LogP contribution in [0.4, 0.5) is 0 Å². The number of benzene rings is 2. The Balaban J connectivity index is 1.12. The van der Waals surface area contributed by atoms with E-state index in [0.717, 1.165) is 67.8 Å². The molecule has 206 valence electrons. The average molecular weight is 578 g/mol. The van der Waals surface area contributed by atoms with Crippen molar-refractivity contribution in [1.29, 1.82) is 0 Å². The van der Waals surface area contributed by atoms with E-state index in [-0.39, 0.29) is 11.9 Å². The highest BCUT2D eigenvalue weighted by atomic mass is 35.5. The van der Waals surface area contributed by atoms with E-state index >= 15 is 0 Å². The zero-order valence-electron chi connectivity index (χ0n) is 22.3. The van der Waals surface area contributed by atoms with Crippen molar-refractivity contribution in [2.45, 2.75) is 58.2 Å². The van der Waals surface area contributed by atoms with Crippen LogP contribution in [-0.2, 0) is 11.3 Å². The number of halogens is 2. The second-order valence-corrected chi connectivity index (χ2v) is 11.6. The minimum Gasteiger partial charge on any atom is -0.494 e. The maximum absolute atomic E-state index is 12.5. The monoisotopic (exact) mass is 576 g/mol. The fourth-order valence-electron chi connectivity index (χ4n) is 5.00. The molecule has 2 aliphatic heterocycles. The Labute approximate surface area is 241 Å². The molecule has 1 N–H and O–H groups in total. The van der Waals surface area contributed by atoms with Crippen molar-refractivity contribution in [1.82, 2.24) is 15.1 Å². The third kappa shape index (κ3) is 8.04. The van der Waals surface area contributed by atoms with Gasteiger partial charge in [-0.15, -0.1) is 0 Å². The van der Waals surface area contributed by atoms with Crippen molar-refractivity contribution < 1.29 is 9.53 Å². The van der Waals surface area contributed by atoms with Crippen molar-refractivity contribution in [3.63, 3.8) is 0 Å². The lowest BCUT2D eigenvalue weighted by Crippen LogP contribution is -2.44. The lowest BCUT2D eigenvalue weighted by atomic mass is 10.0. The molecule has 0 saturated carbocycles. The summed E-state index contributed by atoms with van der Waals surface area (Å²) < 4.78 is 5.92. The highest BCUT2D eigenvalue weighted by Crippen LogP contribution is 2.35. The fraction of sp³-hybridized carbons (Fsp3) is 0.517. The predicted octanol–water partition coefficient (Wildman–Crippen LogP) is 6.42. The van der Waals surface area contributed by atoms with Crippen LogP contribution < -0.4 is 10.1 Å². The van der Waals surface area contributed by atoms with Crippen LogP contribution in [0, 0.1) is 0 Å². The number of hydrogen-bond donors (Lipinski definition) is 1. The Hall–Kier alpha value is -1.93. The largest absolute Gasteiger partial charge is 0.494 e. The summed E-state index contributed by atoms with van der Waals surface area (Å²) in [5, 5.41) is 5.52. The Kier molecular flexibility index (Phi) is 11.1. The maximum Gasteiger partial charge on any atom is 0.220 e. The SMILES string of the molecule is CCN=C1SCC(c2ccc(OCCCC(=O)NC3CCN(Cc4ccc(Cl)c(Cl)c4)CC3)cc2)N1CC. The van der Waals surface area contributed by atoms with Crippen LogP contribution in [-0.4, -0.2) is 65.5 Å². The minimum atomic E-state index is 0.106. The number of nitrogens with one attached hydrogen (secondary N) is 1. The van der Waals surface area contributed by atoms with Crippen LogP contribution in [0.25, 0.3) is 0 Å². The molecule has 0 aliphatic carbocycles. The van der Waals surface area contributed by atoms with Crippen LogP contribution in [0.15, 0.2) is 47.5 Å². The van der Waals surface area contributed by atoms with Gasteiger partial charge in [-0.1, -0.05) is 53.2 Å². The number of carbonyl (C=O) groups excluding carboxylic acids is 1. The van der Waals surface area contributed by atoms with E-state index in [1.54, 1.807) is 0 Å². The lowest BCUT2D eigenvalue weighted by molar-refractivity contribution is -0.122. The summed E-state index contributed by atoms with van der Waals surface area (Å²) in [7, 11) is 0. The van der Waals surface area contributed by atoms with E-state index in [0.29, 0.717) is 35.5 Å².